The molecule has 1 fully saturated rings. The number of fused-ring (bicyclic) bond motifs is 1. The topological polar surface area (TPSA) is 102 Å². The Balaban J connectivity index is 1.52. The molecule has 3 aromatic rings. The van der Waals surface area contributed by atoms with Crippen molar-refractivity contribution in [2.45, 2.75) is 18.8 Å². The summed E-state index contributed by atoms with van der Waals surface area (Å²) in [7, 11) is 0. The van der Waals surface area contributed by atoms with Gasteiger partial charge >= 0.3 is 0 Å². The van der Waals surface area contributed by atoms with E-state index in [0.29, 0.717) is 13.1 Å². The van der Waals surface area contributed by atoms with Crippen molar-refractivity contribution in [1.82, 2.24) is 19.9 Å². The van der Waals surface area contributed by atoms with Crippen LogP contribution in [0, 0.1) is 0 Å². The van der Waals surface area contributed by atoms with Crippen molar-refractivity contribution in [2.24, 2.45) is 5.73 Å². The van der Waals surface area contributed by atoms with Gasteiger partial charge in [0.1, 0.15) is 11.4 Å². The maximum absolute atomic E-state index is 12.7. The van der Waals surface area contributed by atoms with E-state index in [0.717, 1.165) is 23.4 Å². The summed E-state index contributed by atoms with van der Waals surface area (Å²) in [6, 6.07) is 8.07. The second kappa shape index (κ2) is 6.80. The Hall–Kier alpha value is -2.87. The molecule has 132 valence electrons. The average Bonchev–Trinajstić information content (AvgIpc) is 3.12. The molecule has 1 aliphatic heterocycles. The second-order valence-electron chi connectivity index (χ2n) is 6.26. The molecule has 26 heavy (non-hydrogen) atoms. The van der Waals surface area contributed by atoms with E-state index in [2.05, 4.69) is 16.0 Å². The van der Waals surface area contributed by atoms with Gasteiger partial charge < -0.3 is 10.6 Å². The molecule has 8 heteroatoms. The van der Waals surface area contributed by atoms with Gasteiger partial charge in [0.05, 0.1) is 27.6 Å². The molecular weight excluding hydrogens is 350 g/mol. The van der Waals surface area contributed by atoms with E-state index in [4.69, 9.17) is 10.7 Å². The quantitative estimate of drug-likeness (QED) is 0.764. The predicted molar refractivity (Wildman–Crippen MR) is 98.0 cm³/mol. The fraction of sp³-hybridized carbons (Fsp3) is 0.278. The Labute approximate surface area is 153 Å². The predicted octanol–water partition coefficient (Wildman–Crippen LogP) is 2.21. The van der Waals surface area contributed by atoms with Crippen LogP contribution in [0.25, 0.3) is 10.2 Å². The number of amides is 2. The van der Waals surface area contributed by atoms with Crippen molar-refractivity contribution >= 4 is 33.4 Å². The van der Waals surface area contributed by atoms with Crippen LogP contribution >= 0.6 is 11.3 Å². The van der Waals surface area contributed by atoms with Crippen LogP contribution in [0.15, 0.2) is 36.7 Å². The van der Waals surface area contributed by atoms with E-state index in [9.17, 15) is 9.59 Å². The first-order valence-electron chi connectivity index (χ1n) is 8.38. The second-order valence-corrected chi connectivity index (χ2v) is 7.32. The number of nitrogens with two attached hydrogens (primary N) is 1. The third-order valence-corrected chi connectivity index (χ3v) is 5.69. The number of nitrogens with zero attached hydrogens (tertiary/aromatic N) is 4. The smallest absolute Gasteiger partial charge is 0.274 e. The highest BCUT2D eigenvalue weighted by atomic mass is 32.1. The van der Waals surface area contributed by atoms with Crippen LogP contribution in [0.4, 0.5) is 0 Å². The first-order valence-corrected chi connectivity index (χ1v) is 9.20. The summed E-state index contributed by atoms with van der Waals surface area (Å²) in [6.07, 6.45) is 4.48. The molecule has 0 bridgehead atoms. The summed E-state index contributed by atoms with van der Waals surface area (Å²) < 4.78 is 1.17. The van der Waals surface area contributed by atoms with Crippen molar-refractivity contribution in [3.63, 3.8) is 0 Å². The highest BCUT2D eigenvalue weighted by molar-refractivity contribution is 7.18. The van der Waals surface area contributed by atoms with Gasteiger partial charge in [-0.2, -0.15) is 0 Å². The number of thiazole rings is 1. The molecule has 4 rings (SSSR count). The van der Waals surface area contributed by atoms with Crippen LogP contribution < -0.4 is 5.73 Å². The molecule has 1 atom stereocenters. The van der Waals surface area contributed by atoms with Crippen LogP contribution in [-0.4, -0.2) is 44.8 Å². The number of rotatable bonds is 3. The Morgan fingerprint density at radius 2 is 1.92 bits per heavy atom. The number of carbonyl (C=O) groups excluding carboxylic acids is 2. The lowest BCUT2D eigenvalue weighted by Crippen LogP contribution is -2.39. The number of likely N-dealkylation sites (tertiary alicyclic amines) is 1. The Morgan fingerprint density at radius 1 is 1.15 bits per heavy atom. The lowest BCUT2D eigenvalue weighted by molar-refractivity contribution is 0.0700. The first kappa shape index (κ1) is 16.6. The van der Waals surface area contributed by atoms with Crippen LogP contribution in [0.1, 0.15) is 44.7 Å². The molecule has 0 saturated carbocycles. The van der Waals surface area contributed by atoms with Gasteiger partial charge in [0.2, 0.25) is 0 Å². The maximum atomic E-state index is 12.7. The minimum absolute atomic E-state index is 0.0487. The summed E-state index contributed by atoms with van der Waals surface area (Å²) in [5, 5.41) is 1.07. The molecule has 7 nitrogen and oxygen atoms in total. The minimum Gasteiger partial charge on any atom is -0.364 e. The van der Waals surface area contributed by atoms with Crippen molar-refractivity contribution in [3.8, 4) is 0 Å². The molecule has 1 unspecified atom stereocenters. The largest absolute Gasteiger partial charge is 0.364 e. The van der Waals surface area contributed by atoms with Gasteiger partial charge in [-0.3, -0.25) is 9.59 Å². The third-order valence-electron chi connectivity index (χ3n) is 4.49. The zero-order valence-electron chi connectivity index (χ0n) is 14.0. The summed E-state index contributed by atoms with van der Waals surface area (Å²) in [5.74, 6) is -0.618. The lowest BCUT2D eigenvalue weighted by atomic mass is 9.98. The SMILES string of the molecule is NC(=O)c1cnc(C(=O)N2CCCC(c3nc4ccccc4s3)C2)cn1. The van der Waals surface area contributed by atoms with Gasteiger partial charge in [-0.25, -0.2) is 15.0 Å². The van der Waals surface area contributed by atoms with Gasteiger partial charge in [-0.1, -0.05) is 12.1 Å². The normalized spacial score (nSPS) is 17.4. The molecule has 3 heterocycles. The molecule has 0 aliphatic carbocycles. The van der Waals surface area contributed by atoms with Crippen LogP contribution in [-0.2, 0) is 0 Å². The number of piperidine rings is 1. The van der Waals surface area contributed by atoms with Crippen molar-refractivity contribution in [1.29, 1.82) is 0 Å². The van der Waals surface area contributed by atoms with Crippen molar-refractivity contribution in [3.05, 3.63) is 53.1 Å². The van der Waals surface area contributed by atoms with Crippen molar-refractivity contribution in [2.75, 3.05) is 13.1 Å². The standard InChI is InChI=1S/C18H17N5O2S/c19-16(24)13-8-21-14(9-20-13)18(25)23-7-3-4-11(10-23)17-22-12-5-1-2-6-15(12)26-17/h1-2,5-6,8-9,11H,3-4,7,10H2,(H2,19,24). The number of primary amides is 1. The molecule has 2 N–H and O–H groups in total. The number of para-hydroxylation sites is 1. The van der Waals surface area contributed by atoms with Crippen LogP contribution in [0.2, 0.25) is 0 Å². The number of hydrogen-bond acceptors (Lipinski definition) is 6. The van der Waals surface area contributed by atoms with E-state index in [1.165, 1.54) is 17.1 Å². The van der Waals surface area contributed by atoms with Gasteiger partial charge in [-0.15, -0.1) is 11.3 Å². The van der Waals surface area contributed by atoms with Gasteiger partial charge in [0.15, 0.2) is 0 Å². The number of benzene rings is 1. The van der Waals surface area contributed by atoms with Crippen LogP contribution in [0.5, 0.6) is 0 Å². The molecule has 1 aromatic carbocycles. The Bertz CT molecular complexity index is 936. The fourth-order valence-corrected chi connectivity index (χ4v) is 4.25. The molecule has 2 aromatic heterocycles. The van der Waals surface area contributed by atoms with Gasteiger partial charge in [0, 0.05) is 19.0 Å². The zero-order chi connectivity index (χ0) is 18.1. The summed E-state index contributed by atoms with van der Waals surface area (Å²) in [4.78, 5) is 38.3. The summed E-state index contributed by atoms with van der Waals surface area (Å²) in [6.45, 7) is 1.29. The van der Waals surface area contributed by atoms with Gasteiger partial charge in [0.25, 0.3) is 11.8 Å². The Kier molecular flexibility index (Phi) is 4.34. The Morgan fingerprint density at radius 3 is 2.65 bits per heavy atom. The van der Waals surface area contributed by atoms with Crippen molar-refractivity contribution < 1.29 is 9.59 Å². The highest BCUT2D eigenvalue weighted by Crippen LogP contribution is 2.33. The third kappa shape index (κ3) is 3.15. The van der Waals surface area contributed by atoms with E-state index in [1.807, 2.05) is 18.2 Å². The lowest BCUT2D eigenvalue weighted by Gasteiger charge is -2.31. The number of hydrogen-bond donors (Lipinski definition) is 1. The van der Waals surface area contributed by atoms with E-state index in [-0.39, 0.29) is 23.2 Å². The minimum atomic E-state index is -0.662. The van der Waals surface area contributed by atoms with Gasteiger partial charge in [-0.05, 0) is 25.0 Å². The van der Waals surface area contributed by atoms with E-state index in [1.54, 1.807) is 16.2 Å². The van der Waals surface area contributed by atoms with E-state index >= 15 is 0 Å². The number of carbonyl (C=O) groups is 2. The molecule has 1 aliphatic rings. The molecular formula is C18H17N5O2S. The molecule has 0 spiro atoms. The zero-order valence-corrected chi connectivity index (χ0v) is 14.8. The van der Waals surface area contributed by atoms with E-state index < -0.39 is 5.91 Å². The summed E-state index contributed by atoms with van der Waals surface area (Å²) in [5.41, 5.74) is 6.43. The average molecular weight is 367 g/mol. The molecule has 2 amide bonds. The summed E-state index contributed by atoms with van der Waals surface area (Å²) >= 11 is 1.69. The molecule has 1 saturated heterocycles. The maximum Gasteiger partial charge on any atom is 0.274 e. The molecule has 0 radical (unpaired) electrons. The first-order chi connectivity index (χ1) is 12.6. The number of aromatic nitrogens is 3. The fourth-order valence-electron chi connectivity index (χ4n) is 3.16. The van der Waals surface area contributed by atoms with Crippen LogP contribution in [0.3, 0.4) is 0 Å². The highest BCUT2D eigenvalue weighted by Gasteiger charge is 2.28. The monoisotopic (exact) mass is 367 g/mol.